The van der Waals surface area contributed by atoms with Crippen LogP contribution in [0.15, 0.2) is 30.3 Å². The lowest BCUT2D eigenvalue weighted by Gasteiger charge is -2.12. The van der Waals surface area contributed by atoms with Gasteiger partial charge in [0.05, 0.1) is 0 Å². The summed E-state index contributed by atoms with van der Waals surface area (Å²) in [5.41, 5.74) is 1.30. The van der Waals surface area contributed by atoms with Crippen molar-refractivity contribution in [3.05, 3.63) is 35.9 Å². The highest BCUT2D eigenvalue weighted by molar-refractivity contribution is 5.81. The van der Waals surface area contributed by atoms with E-state index in [1.165, 1.54) is 18.4 Å². The molecule has 1 nitrogen and oxygen atoms in total. The van der Waals surface area contributed by atoms with Crippen LogP contribution in [-0.2, 0) is 11.2 Å². The molecule has 0 N–H and O–H groups in total. The average Bonchev–Trinajstić information content (AvgIpc) is 2.46. The zero-order chi connectivity index (χ0) is 10.5. The summed E-state index contributed by atoms with van der Waals surface area (Å²) in [5.74, 6) is 0.770. The standard InChI is InChI=1S/C14H18O/c15-14-10-6-2-5-9-13(14)11-12-7-3-1-4-8-12/h1,3-4,7-8,13H,2,5-6,9-11H2/t13-/m0/s1. The summed E-state index contributed by atoms with van der Waals surface area (Å²) < 4.78 is 0. The van der Waals surface area contributed by atoms with Gasteiger partial charge in [-0.25, -0.2) is 0 Å². The third kappa shape index (κ3) is 2.92. The second kappa shape index (κ2) is 5.11. The molecule has 1 saturated carbocycles. The van der Waals surface area contributed by atoms with E-state index in [2.05, 4.69) is 24.3 Å². The van der Waals surface area contributed by atoms with Crippen molar-refractivity contribution in [2.75, 3.05) is 0 Å². The van der Waals surface area contributed by atoms with Gasteiger partial charge in [0.15, 0.2) is 0 Å². The maximum absolute atomic E-state index is 11.8. The van der Waals surface area contributed by atoms with Gasteiger partial charge in [-0.3, -0.25) is 4.79 Å². The Morgan fingerprint density at radius 1 is 1.07 bits per heavy atom. The monoisotopic (exact) mass is 202 g/mol. The lowest BCUT2D eigenvalue weighted by molar-refractivity contribution is -0.122. The Morgan fingerprint density at radius 3 is 2.67 bits per heavy atom. The molecule has 0 unspecified atom stereocenters. The van der Waals surface area contributed by atoms with Crippen molar-refractivity contribution in [1.82, 2.24) is 0 Å². The van der Waals surface area contributed by atoms with Crippen LogP contribution in [0.25, 0.3) is 0 Å². The van der Waals surface area contributed by atoms with Gasteiger partial charge >= 0.3 is 0 Å². The number of hydrogen-bond acceptors (Lipinski definition) is 1. The summed E-state index contributed by atoms with van der Waals surface area (Å²) in [4.78, 5) is 11.8. The van der Waals surface area contributed by atoms with Crippen molar-refractivity contribution in [2.24, 2.45) is 5.92 Å². The molecular weight excluding hydrogens is 184 g/mol. The van der Waals surface area contributed by atoms with E-state index in [4.69, 9.17) is 0 Å². The first kappa shape index (κ1) is 10.4. The van der Waals surface area contributed by atoms with Gasteiger partial charge in [0, 0.05) is 12.3 Å². The highest BCUT2D eigenvalue weighted by atomic mass is 16.1. The lowest BCUT2D eigenvalue weighted by Crippen LogP contribution is -2.15. The molecular formula is C14H18O. The van der Waals surface area contributed by atoms with Crippen LogP contribution in [0.5, 0.6) is 0 Å². The van der Waals surface area contributed by atoms with E-state index in [1.54, 1.807) is 0 Å². The van der Waals surface area contributed by atoms with E-state index in [1.807, 2.05) is 6.07 Å². The SMILES string of the molecule is O=C1CCCCC[C@H]1Cc1ccccc1. The van der Waals surface area contributed by atoms with Crippen molar-refractivity contribution in [3.63, 3.8) is 0 Å². The Labute approximate surface area is 91.5 Å². The van der Waals surface area contributed by atoms with Gasteiger partial charge in [-0.2, -0.15) is 0 Å². The molecule has 0 radical (unpaired) electrons. The smallest absolute Gasteiger partial charge is 0.136 e. The van der Waals surface area contributed by atoms with Crippen LogP contribution >= 0.6 is 0 Å². The molecule has 0 aromatic heterocycles. The summed E-state index contributed by atoms with van der Waals surface area (Å²) in [6, 6.07) is 10.4. The van der Waals surface area contributed by atoms with Gasteiger partial charge in [0.25, 0.3) is 0 Å². The predicted molar refractivity (Wildman–Crippen MR) is 61.7 cm³/mol. The zero-order valence-electron chi connectivity index (χ0n) is 9.11. The fraction of sp³-hybridized carbons (Fsp3) is 0.500. The fourth-order valence-corrected chi connectivity index (χ4v) is 2.35. The van der Waals surface area contributed by atoms with Crippen LogP contribution in [0.2, 0.25) is 0 Å². The van der Waals surface area contributed by atoms with Crippen molar-refractivity contribution in [1.29, 1.82) is 0 Å². The molecule has 0 aliphatic heterocycles. The van der Waals surface area contributed by atoms with E-state index in [0.29, 0.717) is 5.78 Å². The van der Waals surface area contributed by atoms with Gasteiger partial charge in [-0.1, -0.05) is 43.2 Å². The number of carbonyl (C=O) groups is 1. The molecule has 1 aromatic carbocycles. The minimum Gasteiger partial charge on any atom is -0.299 e. The number of rotatable bonds is 2. The first-order valence-corrected chi connectivity index (χ1v) is 5.93. The molecule has 0 heterocycles. The normalized spacial score (nSPS) is 22.4. The number of hydrogen-bond donors (Lipinski definition) is 0. The number of benzene rings is 1. The van der Waals surface area contributed by atoms with Crippen LogP contribution in [0.1, 0.15) is 37.7 Å². The molecule has 0 amide bonds. The average molecular weight is 202 g/mol. The van der Waals surface area contributed by atoms with E-state index in [0.717, 1.165) is 25.7 Å². The summed E-state index contributed by atoms with van der Waals surface area (Å²) in [7, 11) is 0. The Morgan fingerprint density at radius 2 is 1.87 bits per heavy atom. The van der Waals surface area contributed by atoms with Crippen molar-refractivity contribution < 1.29 is 4.79 Å². The fourth-order valence-electron chi connectivity index (χ4n) is 2.35. The molecule has 0 saturated heterocycles. The molecule has 1 atom stereocenters. The molecule has 1 aliphatic carbocycles. The van der Waals surface area contributed by atoms with E-state index < -0.39 is 0 Å². The molecule has 2 rings (SSSR count). The molecule has 1 aliphatic rings. The number of carbonyl (C=O) groups excluding carboxylic acids is 1. The summed E-state index contributed by atoms with van der Waals surface area (Å²) in [6.45, 7) is 0. The third-order valence-electron chi connectivity index (χ3n) is 3.26. The van der Waals surface area contributed by atoms with Gasteiger partial charge in [0.1, 0.15) is 5.78 Å². The maximum Gasteiger partial charge on any atom is 0.136 e. The van der Waals surface area contributed by atoms with E-state index in [9.17, 15) is 4.79 Å². The Kier molecular flexibility index (Phi) is 3.54. The molecule has 0 spiro atoms. The van der Waals surface area contributed by atoms with Crippen molar-refractivity contribution in [3.8, 4) is 0 Å². The van der Waals surface area contributed by atoms with E-state index >= 15 is 0 Å². The Bertz CT molecular complexity index is 315. The summed E-state index contributed by atoms with van der Waals surface area (Å²) in [6.07, 6.45) is 6.40. The van der Waals surface area contributed by atoms with Crippen LogP contribution in [0.3, 0.4) is 0 Å². The highest BCUT2D eigenvalue weighted by Crippen LogP contribution is 2.23. The van der Waals surface area contributed by atoms with Crippen molar-refractivity contribution >= 4 is 5.78 Å². The highest BCUT2D eigenvalue weighted by Gasteiger charge is 2.20. The first-order valence-electron chi connectivity index (χ1n) is 5.93. The largest absolute Gasteiger partial charge is 0.299 e. The maximum atomic E-state index is 11.8. The topological polar surface area (TPSA) is 17.1 Å². The van der Waals surface area contributed by atoms with Crippen LogP contribution in [-0.4, -0.2) is 5.78 Å². The van der Waals surface area contributed by atoms with Crippen LogP contribution in [0, 0.1) is 5.92 Å². The van der Waals surface area contributed by atoms with Crippen LogP contribution < -0.4 is 0 Å². The Balaban J connectivity index is 2.01. The van der Waals surface area contributed by atoms with Gasteiger partial charge in [-0.15, -0.1) is 0 Å². The molecule has 1 fully saturated rings. The summed E-state index contributed by atoms with van der Waals surface area (Å²) in [5, 5.41) is 0. The molecule has 1 aromatic rings. The first-order chi connectivity index (χ1) is 7.36. The zero-order valence-corrected chi connectivity index (χ0v) is 9.11. The molecule has 0 bridgehead atoms. The molecule has 1 heteroatoms. The Hall–Kier alpha value is -1.11. The minimum absolute atomic E-state index is 0.287. The molecule has 80 valence electrons. The second-order valence-corrected chi connectivity index (χ2v) is 4.45. The van der Waals surface area contributed by atoms with Crippen LogP contribution in [0.4, 0.5) is 0 Å². The minimum atomic E-state index is 0.287. The lowest BCUT2D eigenvalue weighted by atomic mass is 9.91. The van der Waals surface area contributed by atoms with Gasteiger partial charge in [-0.05, 0) is 24.8 Å². The van der Waals surface area contributed by atoms with Gasteiger partial charge in [0.2, 0.25) is 0 Å². The third-order valence-corrected chi connectivity index (χ3v) is 3.26. The summed E-state index contributed by atoms with van der Waals surface area (Å²) >= 11 is 0. The quantitative estimate of drug-likeness (QED) is 0.672. The van der Waals surface area contributed by atoms with Gasteiger partial charge < -0.3 is 0 Å². The second-order valence-electron chi connectivity index (χ2n) is 4.45. The predicted octanol–water partition coefficient (Wildman–Crippen LogP) is 3.38. The molecule has 15 heavy (non-hydrogen) atoms. The van der Waals surface area contributed by atoms with E-state index in [-0.39, 0.29) is 5.92 Å². The number of Topliss-reactive ketones (excluding diaryl/α,β-unsaturated/α-hetero) is 1. The van der Waals surface area contributed by atoms with Crippen molar-refractivity contribution in [2.45, 2.75) is 38.5 Å². The number of ketones is 1.